The zero-order valence-electron chi connectivity index (χ0n) is 16.3. The van der Waals surface area contributed by atoms with Crippen molar-refractivity contribution in [1.82, 2.24) is 20.7 Å². The van der Waals surface area contributed by atoms with Gasteiger partial charge in [-0.15, -0.1) is 0 Å². The van der Waals surface area contributed by atoms with Gasteiger partial charge in [-0.25, -0.2) is 9.98 Å². The highest BCUT2D eigenvalue weighted by atomic mass is 35.5. The second-order valence-corrected chi connectivity index (χ2v) is 8.61. The maximum atomic E-state index is 12.8. The van der Waals surface area contributed by atoms with Gasteiger partial charge in [0.1, 0.15) is 11.2 Å². The van der Waals surface area contributed by atoms with Crippen LogP contribution in [0, 0.1) is 5.41 Å². The third-order valence-corrected chi connectivity index (χ3v) is 6.66. The number of carbonyl (C=O) groups is 1. The summed E-state index contributed by atoms with van der Waals surface area (Å²) in [6.07, 6.45) is 6.13. The van der Waals surface area contributed by atoms with Crippen LogP contribution in [-0.2, 0) is 9.53 Å². The van der Waals surface area contributed by atoms with Crippen molar-refractivity contribution in [2.45, 2.75) is 44.9 Å². The number of carbonyl (C=O) groups excluding carboxylic acids is 1. The Bertz CT molecular complexity index is 980. The molecule has 5 rings (SSSR count). The minimum Gasteiger partial charge on any atom is -0.439 e. The minimum absolute atomic E-state index is 0.0560. The molecule has 1 saturated carbocycles. The lowest BCUT2D eigenvalue weighted by atomic mass is 9.93. The molecule has 1 aromatic heterocycles. The number of nitrogens with zero attached hydrogens (tertiary/aromatic N) is 3. The molecule has 2 atom stereocenters. The van der Waals surface area contributed by atoms with Crippen LogP contribution in [0.2, 0.25) is 5.15 Å². The number of hydrogen-bond acceptors (Lipinski definition) is 5. The van der Waals surface area contributed by atoms with Crippen molar-refractivity contribution in [3.63, 3.8) is 0 Å². The van der Waals surface area contributed by atoms with E-state index in [1.807, 2.05) is 36.1 Å². The lowest BCUT2D eigenvalue weighted by Gasteiger charge is -2.33. The molecule has 7 nitrogen and oxygen atoms in total. The predicted octanol–water partition coefficient (Wildman–Crippen LogP) is 3.16. The van der Waals surface area contributed by atoms with E-state index in [1.165, 1.54) is 12.8 Å². The van der Waals surface area contributed by atoms with Gasteiger partial charge in [-0.2, -0.15) is 5.43 Å². The summed E-state index contributed by atoms with van der Waals surface area (Å²) in [5, 5.41) is 2.28. The van der Waals surface area contributed by atoms with E-state index in [9.17, 15) is 4.79 Å². The van der Waals surface area contributed by atoms with Gasteiger partial charge in [-0.05, 0) is 43.4 Å². The molecular weight excluding hydrogens is 390 g/mol. The van der Waals surface area contributed by atoms with E-state index < -0.39 is 12.3 Å². The van der Waals surface area contributed by atoms with Gasteiger partial charge < -0.3 is 9.64 Å². The summed E-state index contributed by atoms with van der Waals surface area (Å²) in [6, 6.07) is 7.60. The Labute approximate surface area is 174 Å². The molecule has 1 spiro atoms. The second kappa shape index (κ2) is 7.15. The number of piperidine rings is 1. The number of pyridine rings is 1. The number of nitrogens with one attached hydrogen (secondary N) is 2. The number of aromatic nitrogens is 1. The Kier molecular flexibility index (Phi) is 4.59. The molecule has 1 amide bonds. The number of halogens is 1. The van der Waals surface area contributed by atoms with Crippen LogP contribution in [0.3, 0.4) is 0 Å². The molecular formula is C21H24ClN5O2. The molecule has 2 unspecified atom stereocenters. The quantitative estimate of drug-likeness (QED) is 0.755. The Morgan fingerprint density at radius 1 is 1.28 bits per heavy atom. The number of fused-ring (bicyclic) bond motifs is 1. The number of ether oxygens (including phenoxy) is 1. The maximum absolute atomic E-state index is 12.8. The lowest BCUT2D eigenvalue weighted by Crippen LogP contribution is -2.43. The number of likely N-dealkylation sites (tertiary alicyclic amines) is 1. The third-order valence-electron chi connectivity index (χ3n) is 6.36. The first-order valence-electron chi connectivity index (χ1n) is 10.1. The van der Waals surface area contributed by atoms with Crippen LogP contribution in [0.1, 0.15) is 44.4 Å². The van der Waals surface area contributed by atoms with Gasteiger partial charge in [0, 0.05) is 30.2 Å². The van der Waals surface area contributed by atoms with Crippen molar-refractivity contribution >= 4 is 34.3 Å². The maximum Gasteiger partial charge on any atom is 0.302 e. The number of benzene rings is 1. The second-order valence-electron chi connectivity index (χ2n) is 8.25. The highest BCUT2D eigenvalue weighted by molar-refractivity contribution is 6.34. The molecule has 152 valence electrons. The molecule has 29 heavy (non-hydrogen) atoms. The first kappa shape index (κ1) is 18.6. The van der Waals surface area contributed by atoms with E-state index in [1.54, 1.807) is 6.20 Å². The fourth-order valence-corrected chi connectivity index (χ4v) is 4.48. The minimum atomic E-state index is -0.494. The van der Waals surface area contributed by atoms with Crippen molar-refractivity contribution < 1.29 is 9.53 Å². The van der Waals surface area contributed by atoms with Gasteiger partial charge in [0.2, 0.25) is 5.91 Å². The normalized spacial score (nSPS) is 25.1. The van der Waals surface area contributed by atoms with Crippen LogP contribution < -0.4 is 10.9 Å². The molecule has 1 aromatic carbocycles. The average molecular weight is 414 g/mol. The molecule has 3 aliphatic rings. The summed E-state index contributed by atoms with van der Waals surface area (Å²) in [6.45, 7) is 3.49. The van der Waals surface area contributed by atoms with Crippen LogP contribution >= 0.6 is 11.6 Å². The van der Waals surface area contributed by atoms with E-state index in [-0.39, 0.29) is 5.91 Å². The van der Waals surface area contributed by atoms with Crippen molar-refractivity contribution in [2.24, 2.45) is 10.4 Å². The number of hydrogen-bond donors (Lipinski definition) is 2. The summed E-state index contributed by atoms with van der Waals surface area (Å²) in [7, 11) is 0. The zero-order chi connectivity index (χ0) is 20.0. The smallest absolute Gasteiger partial charge is 0.302 e. The van der Waals surface area contributed by atoms with Gasteiger partial charge in [0.25, 0.3) is 0 Å². The fourth-order valence-electron chi connectivity index (χ4n) is 4.26. The molecule has 2 N–H and O–H groups in total. The fraction of sp³-hybridized carbons (Fsp3) is 0.476. The highest BCUT2D eigenvalue weighted by Gasteiger charge is 2.45. The Hall–Kier alpha value is -2.38. The topological polar surface area (TPSA) is 78.9 Å². The number of amides is 1. The van der Waals surface area contributed by atoms with E-state index >= 15 is 0 Å². The SMILES string of the molecule is CC(N=C1NNC(c2cnc(Cl)c3ccccc23)O1)C(=O)N1CCC2(CC1)CC2. The van der Waals surface area contributed by atoms with Crippen LogP contribution in [-0.4, -0.2) is 40.9 Å². The number of rotatable bonds is 3. The van der Waals surface area contributed by atoms with E-state index in [4.69, 9.17) is 16.3 Å². The summed E-state index contributed by atoms with van der Waals surface area (Å²) >= 11 is 6.21. The van der Waals surface area contributed by atoms with Gasteiger partial charge in [-0.3, -0.25) is 10.2 Å². The molecule has 3 heterocycles. The van der Waals surface area contributed by atoms with Crippen LogP contribution in [0.5, 0.6) is 0 Å². The van der Waals surface area contributed by atoms with Gasteiger partial charge >= 0.3 is 6.02 Å². The van der Waals surface area contributed by atoms with Crippen LogP contribution in [0.4, 0.5) is 0 Å². The zero-order valence-corrected chi connectivity index (χ0v) is 17.1. The summed E-state index contributed by atoms with van der Waals surface area (Å²) in [5.41, 5.74) is 7.41. The lowest BCUT2D eigenvalue weighted by molar-refractivity contribution is -0.133. The van der Waals surface area contributed by atoms with Gasteiger partial charge in [0.15, 0.2) is 6.23 Å². The Morgan fingerprint density at radius 3 is 2.72 bits per heavy atom. The molecule has 2 saturated heterocycles. The highest BCUT2D eigenvalue weighted by Crippen LogP contribution is 2.53. The van der Waals surface area contributed by atoms with Gasteiger partial charge in [0.05, 0.1) is 0 Å². The molecule has 0 bridgehead atoms. The van der Waals surface area contributed by atoms with E-state index in [0.29, 0.717) is 16.6 Å². The van der Waals surface area contributed by atoms with Crippen molar-refractivity contribution in [2.75, 3.05) is 13.1 Å². The Morgan fingerprint density at radius 2 is 2.00 bits per heavy atom. The summed E-state index contributed by atoms with van der Waals surface area (Å²) in [5.74, 6) is 0.0560. The first-order chi connectivity index (χ1) is 14.0. The predicted molar refractivity (Wildman–Crippen MR) is 111 cm³/mol. The first-order valence-corrected chi connectivity index (χ1v) is 10.5. The van der Waals surface area contributed by atoms with Crippen molar-refractivity contribution in [3.05, 3.63) is 41.2 Å². The molecule has 1 aliphatic carbocycles. The number of aliphatic imine (C=N–C) groups is 1. The number of hydrazine groups is 1. The molecule has 3 fully saturated rings. The van der Waals surface area contributed by atoms with Crippen molar-refractivity contribution in [1.29, 1.82) is 0 Å². The summed E-state index contributed by atoms with van der Waals surface area (Å²) in [4.78, 5) is 23.4. The largest absolute Gasteiger partial charge is 0.439 e. The number of amidine groups is 1. The summed E-state index contributed by atoms with van der Waals surface area (Å²) < 4.78 is 5.92. The van der Waals surface area contributed by atoms with Crippen LogP contribution in [0.25, 0.3) is 10.8 Å². The van der Waals surface area contributed by atoms with Crippen LogP contribution in [0.15, 0.2) is 35.5 Å². The third kappa shape index (κ3) is 3.53. The molecule has 2 aromatic rings. The Balaban J connectivity index is 1.27. The molecule has 0 radical (unpaired) electrons. The molecule has 8 heteroatoms. The molecule has 2 aliphatic heterocycles. The van der Waals surface area contributed by atoms with E-state index in [2.05, 4.69) is 20.8 Å². The average Bonchev–Trinajstić information content (AvgIpc) is 3.33. The monoisotopic (exact) mass is 413 g/mol. The van der Waals surface area contributed by atoms with Gasteiger partial charge in [-0.1, -0.05) is 35.9 Å². The standard InChI is InChI=1S/C21H24ClN5O2/c1-13(19(28)27-10-8-21(6-7-21)9-11-27)24-20-26-25-18(29-20)16-12-23-17(22)15-5-3-2-4-14(15)16/h2-5,12-13,18,25H,6-11H2,1H3,(H,24,26). The van der Waals surface area contributed by atoms with Crippen molar-refractivity contribution in [3.8, 4) is 0 Å². The van der Waals surface area contributed by atoms with E-state index in [0.717, 1.165) is 42.3 Å².